The van der Waals surface area contributed by atoms with Gasteiger partial charge in [0.1, 0.15) is 0 Å². The van der Waals surface area contributed by atoms with E-state index in [2.05, 4.69) is 73.7 Å². The maximum atomic E-state index is 2.27. The molecule has 0 heteroatoms. The molecule has 0 aliphatic heterocycles. The summed E-state index contributed by atoms with van der Waals surface area (Å²) in [6.45, 7) is 2.17. The molecule has 0 aliphatic rings. The molecule has 0 nitrogen and oxygen atoms in total. The van der Waals surface area contributed by atoms with Crippen molar-refractivity contribution in [3.63, 3.8) is 0 Å². The molecular weight excluding hydrogens is 216 g/mol. The largest absolute Gasteiger partial charge is 0.0842 e. The normalized spacial score (nSPS) is 11.6. The molecule has 0 amide bonds. The highest BCUT2D eigenvalue weighted by atomic mass is 14.1. The van der Waals surface area contributed by atoms with Crippen molar-refractivity contribution in [1.29, 1.82) is 0 Å². The Hall–Kier alpha value is -2.08. The van der Waals surface area contributed by atoms with Crippen molar-refractivity contribution in [2.75, 3.05) is 0 Å². The average molecular weight is 232 g/mol. The van der Waals surface area contributed by atoms with Gasteiger partial charge in [0, 0.05) is 0 Å². The fraction of sp³-hybridized carbons (Fsp3) is 0.111. The van der Waals surface area contributed by atoms with Gasteiger partial charge in [-0.15, -0.1) is 0 Å². The minimum atomic E-state index is 1.07. The highest BCUT2D eigenvalue weighted by molar-refractivity contribution is 6.06. The molecule has 0 radical (unpaired) electrons. The zero-order chi connectivity index (χ0) is 12.4. The van der Waals surface area contributed by atoms with Gasteiger partial charge in [0.15, 0.2) is 0 Å². The van der Waals surface area contributed by atoms with Gasteiger partial charge in [0.25, 0.3) is 0 Å². The van der Waals surface area contributed by atoms with Crippen LogP contribution >= 0.6 is 0 Å². The minimum Gasteiger partial charge on any atom is -0.0842 e. The number of hydrogen-bond acceptors (Lipinski definition) is 0. The van der Waals surface area contributed by atoms with Gasteiger partial charge in [-0.3, -0.25) is 0 Å². The molecule has 3 rings (SSSR count). The second-order valence-corrected chi connectivity index (χ2v) is 4.54. The van der Waals surface area contributed by atoms with E-state index in [-0.39, 0.29) is 0 Å². The Morgan fingerprint density at radius 2 is 1.39 bits per heavy atom. The number of benzene rings is 3. The summed E-state index contributed by atoms with van der Waals surface area (Å²) >= 11 is 0. The van der Waals surface area contributed by atoms with Crippen LogP contribution in [0.3, 0.4) is 0 Å². The Balaban J connectivity index is 2.45. The number of allylic oxidation sites excluding steroid dienone is 1. The minimum absolute atomic E-state index is 1.07. The standard InChI is InChI=1S/C18H16/c1-2-3-10-18-16-11-6-4-8-14(16)13-15-9-5-7-12-17(15)18/h3-13H,2H2,1H3/b10-3+. The molecule has 0 fully saturated rings. The van der Waals surface area contributed by atoms with Crippen molar-refractivity contribution in [3.8, 4) is 0 Å². The van der Waals surface area contributed by atoms with E-state index in [4.69, 9.17) is 0 Å². The molecule has 88 valence electrons. The maximum Gasteiger partial charge on any atom is -0.0103 e. The zero-order valence-electron chi connectivity index (χ0n) is 10.6. The number of rotatable bonds is 2. The Bertz CT molecular complexity index is 666. The monoisotopic (exact) mass is 232 g/mol. The van der Waals surface area contributed by atoms with E-state index in [0.717, 1.165) is 6.42 Å². The molecule has 0 bridgehead atoms. The summed E-state index contributed by atoms with van der Waals surface area (Å²) in [6.07, 6.45) is 5.55. The van der Waals surface area contributed by atoms with Crippen LogP contribution in [0.1, 0.15) is 18.9 Å². The van der Waals surface area contributed by atoms with Gasteiger partial charge < -0.3 is 0 Å². The van der Waals surface area contributed by atoms with Crippen LogP contribution in [-0.4, -0.2) is 0 Å². The van der Waals surface area contributed by atoms with Crippen LogP contribution in [-0.2, 0) is 0 Å². The third-order valence-corrected chi connectivity index (χ3v) is 3.33. The van der Waals surface area contributed by atoms with Crippen molar-refractivity contribution in [2.24, 2.45) is 0 Å². The van der Waals surface area contributed by atoms with Gasteiger partial charge in [-0.25, -0.2) is 0 Å². The Morgan fingerprint density at radius 1 is 0.833 bits per heavy atom. The summed E-state index contributed by atoms with van der Waals surface area (Å²) in [7, 11) is 0. The van der Waals surface area contributed by atoms with Crippen molar-refractivity contribution >= 4 is 27.6 Å². The lowest BCUT2D eigenvalue weighted by Crippen LogP contribution is -1.82. The zero-order valence-corrected chi connectivity index (χ0v) is 10.6. The summed E-state index contributed by atoms with van der Waals surface area (Å²) in [5.74, 6) is 0. The Morgan fingerprint density at radius 3 is 1.94 bits per heavy atom. The molecule has 0 heterocycles. The molecule has 3 aromatic rings. The molecule has 0 aromatic heterocycles. The van der Waals surface area contributed by atoms with E-state index in [1.807, 2.05) is 0 Å². The molecule has 0 unspecified atom stereocenters. The lowest BCUT2D eigenvalue weighted by molar-refractivity contribution is 1.23. The first-order valence-electron chi connectivity index (χ1n) is 6.47. The smallest absolute Gasteiger partial charge is 0.0103 e. The first-order chi connectivity index (χ1) is 8.90. The molecule has 0 aliphatic carbocycles. The van der Waals surface area contributed by atoms with Crippen LogP contribution in [0.2, 0.25) is 0 Å². The highest BCUT2D eigenvalue weighted by Gasteiger charge is 2.03. The van der Waals surface area contributed by atoms with Gasteiger partial charge in [0.05, 0.1) is 0 Å². The van der Waals surface area contributed by atoms with E-state index in [0.29, 0.717) is 0 Å². The van der Waals surface area contributed by atoms with Crippen molar-refractivity contribution in [2.45, 2.75) is 13.3 Å². The van der Waals surface area contributed by atoms with Crippen molar-refractivity contribution in [3.05, 3.63) is 66.2 Å². The van der Waals surface area contributed by atoms with Gasteiger partial charge in [-0.05, 0) is 39.6 Å². The predicted molar refractivity (Wildman–Crippen MR) is 80.8 cm³/mol. The molecule has 0 spiro atoms. The SMILES string of the molecule is CC/C=C/c1c2ccccc2cc2ccccc12. The molecule has 0 saturated heterocycles. The number of fused-ring (bicyclic) bond motifs is 2. The molecule has 0 saturated carbocycles. The van der Waals surface area contributed by atoms with Crippen LogP contribution in [0.15, 0.2) is 60.7 Å². The summed E-state index contributed by atoms with van der Waals surface area (Å²) in [4.78, 5) is 0. The van der Waals surface area contributed by atoms with Gasteiger partial charge in [0.2, 0.25) is 0 Å². The lowest BCUT2D eigenvalue weighted by Gasteiger charge is -2.08. The first-order valence-corrected chi connectivity index (χ1v) is 6.47. The molecule has 18 heavy (non-hydrogen) atoms. The Kier molecular flexibility index (Phi) is 2.85. The topological polar surface area (TPSA) is 0 Å². The molecular formula is C18H16. The maximum absolute atomic E-state index is 2.27. The molecule has 0 N–H and O–H groups in total. The van der Waals surface area contributed by atoms with E-state index in [1.165, 1.54) is 27.1 Å². The van der Waals surface area contributed by atoms with Crippen LogP contribution < -0.4 is 0 Å². The number of hydrogen-bond donors (Lipinski definition) is 0. The third-order valence-electron chi connectivity index (χ3n) is 3.33. The van der Waals surface area contributed by atoms with Crippen LogP contribution in [0.4, 0.5) is 0 Å². The summed E-state index contributed by atoms with van der Waals surface area (Å²) < 4.78 is 0. The van der Waals surface area contributed by atoms with Crippen molar-refractivity contribution < 1.29 is 0 Å². The van der Waals surface area contributed by atoms with Crippen LogP contribution in [0, 0.1) is 0 Å². The van der Waals surface area contributed by atoms with Gasteiger partial charge in [-0.2, -0.15) is 0 Å². The second-order valence-electron chi connectivity index (χ2n) is 4.54. The van der Waals surface area contributed by atoms with E-state index < -0.39 is 0 Å². The van der Waals surface area contributed by atoms with Crippen LogP contribution in [0.5, 0.6) is 0 Å². The lowest BCUT2D eigenvalue weighted by atomic mass is 9.96. The summed E-state index contributed by atoms with van der Waals surface area (Å²) in [6, 6.07) is 19.5. The molecule has 3 aromatic carbocycles. The third kappa shape index (κ3) is 1.80. The summed E-state index contributed by atoms with van der Waals surface area (Å²) in [5, 5.41) is 5.29. The molecule has 0 atom stereocenters. The van der Waals surface area contributed by atoms with Crippen LogP contribution in [0.25, 0.3) is 27.6 Å². The highest BCUT2D eigenvalue weighted by Crippen LogP contribution is 2.29. The van der Waals surface area contributed by atoms with Gasteiger partial charge >= 0.3 is 0 Å². The Labute approximate surface area is 108 Å². The summed E-state index contributed by atoms with van der Waals surface area (Å²) in [5.41, 5.74) is 1.34. The fourth-order valence-electron chi connectivity index (χ4n) is 2.46. The fourth-order valence-corrected chi connectivity index (χ4v) is 2.46. The van der Waals surface area contributed by atoms with Crippen molar-refractivity contribution in [1.82, 2.24) is 0 Å². The van der Waals surface area contributed by atoms with Gasteiger partial charge in [-0.1, -0.05) is 67.6 Å². The average Bonchev–Trinajstić information content (AvgIpc) is 2.43. The van der Waals surface area contributed by atoms with E-state index in [1.54, 1.807) is 0 Å². The first kappa shape index (κ1) is 11.0. The van der Waals surface area contributed by atoms with E-state index >= 15 is 0 Å². The quantitative estimate of drug-likeness (QED) is 0.518. The second kappa shape index (κ2) is 4.66. The van der Waals surface area contributed by atoms with E-state index in [9.17, 15) is 0 Å². The predicted octanol–water partition coefficient (Wildman–Crippen LogP) is 5.42.